The first kappa shape index (κ1) is 14.4. The minimum atomic E-state index is 0.0548. The van der Waals surface area contributed by atoms with Gasteiger partial charge in [-0.05, 0) is 37.8 Å². The highest BCUT2D eigenvalue weighted by atomic mass is 32.1. The molecule has 1 aliphatic rings. The summed E-state index contributed by atoms with van der Waals surface area (Å²) in [5, 5.41) is 15.9. The van der Waals surface area contributed by atoms with E-state index in [9.17, 15) is 4.79 Å². The van der Waals surface area contributed by atoms with E-state index in [2.05, 4.69) is 34.7 Å². The Balaban J connectivity index is 1.73. The summed E-state index contributed by atoms with van der Waals surface area (Å²) in [6.07, 6.45) is 3.63. The zero-order valence-corrected chi connectivity index (χ0v) is 12.4. The summed E-state index contributed by atoms with van der Waals surface area (Å²) in [6, 6.07) is 0. The van der Waals surface area contributed by atoms with Gasteiger partial charge in [0.05, 0.1) is 0 Å². The number of carbonyl (C=O) groups excluding carboxylic acids is 1. The highest BCUT2D eigenvalue weighted by Gasteiger charge is 2.16. The lowest BCUT2D eigenvalue weighted by Gasteiger charge is -2.06. The average molecular weight is 282 g/mol. The van der Waals surface area contributed by atoms with Crippen molar-refractivity contribution >= 4 is 22.4 Å². The lowest BCUT2D eigenvalue weighted by atomic mass is 10.0. The van der Waals surface area contributed by atoms with Crippen LogP contribution in [-0.2, 0) is 11.2 Å². The van der Waals surface area contributed by atoms with Crippen molar-refractivity contribution in [3.63, 3.8) is 0 Å². The van der Waals surface area contributed by atoms with E-state index in [0.717, 1.165) is 30.9 Å². The normalized spacial score (nSPS) is 19.0. The molecule has 5 nitrogen and oxygen atoms in total. The van der Waals surface area contributed by atoms with Crippen LogP contribution in [0.25, 0.3) is 0 Å². The van der Waals surface area contributed by atoms with Crippen molar-refractivity contribution in [3.8, 4) is 0 Å². The molecule has 2 rings (SSSR count). The van der Waals surface area contributed by atoms with E-state index >= 15 is 0 Å². The van der Waals surface area contributed by atoms with Crippen LogP contribution in [0.3, 0.4) is 0 Å². The molecule has 0 aliphatic carbocycles. The second kappa shape index (κ2) is 6.96. The highest BCUT2D eigenvalue weighted by molar-refractivity contribution is 7.15. The van der Waals surface area contributed by atoms with E-state index in [1.807, 2.05) is 0 Å². The topological polar surface area (TPSA) is 66.9 Å². The summed E-state index contributed by atoms with van der Waals surface area (Å²) in [6.45, 7) is 6.43. The molecule has 1 saturated heterocycles. The van der Waals surface area contributed by atoms with E-state index in [1.165, 1.54) is 17.8 Å². The molecule has 1 fully saturated rings. The fourth-order valence-electron chi connectivity index (χ4n) is 2.21. The molecule has 1 atom stereocenters. The quantitative estimate of drug-likeness (QED) is 0.838. The Kier molecular flexibility index (Phi) is 5.27. The van der Waals surface area contributed by atoms with Gasteiger partial charge in [0.15, 0.2) is 0 Å². The molecule has 1 aliphatic heterocycles. The second-order valence-corrected chi connectivity index (χ2v) is 6.61. The molecule has 0 saturated carbocycles. The Morgan fingerprint density at radius 1 is 1.53 bits per heavy atom. The molecular weight excluding hydrogens is 260 g/mol. The van der Waals surface area contributed by atoms with Gasteiger partial charge in [-0.25, -0.2) is 0 Å². The third-order valence-electron chi connectivity index (χ3n) is 3.24. The summed E-state index contributed by atoms with van der Waals surface area (Å²) in [5.41, 5.74) is 0. The van der Waals surface area contributed by atoms with Crippen LogP contribution in [0, 0.1) is 11.8 Å². The first-order valence-electron chi connectivity index (χ1n) is 6.96. The van der Waals surface area contributed by atoms with E-state index < -0.39 is 0 Å². The van der Waals surface area contributed by atoms with E-state index in [0.29, 0.717) is 23.4 Å². The number of rotatable bonds is 6. The predicted octanol–water partition coefficient (Wildman–Crippen LogP) is 2.06. The molecule has 2 heterocycles. The molecule has 1 aromatic heterocycles. The fourth-order valence-corrected chi connectivity index (χ4v) is 3.18. The molecule has 19 heavy (non-hydrogen) atoms. The van der Waals surface area contributed by atoms with Crippen LogP contribution in [0.1, 0.15) is 38.1 Å². The van der Waals surface area contributed by atoms with E-state index in [4.69, 9.17) is 0 Å². The maximum atomic E-state index is 11.8. The van der Waals surface area contributed by atoms with Crippen LogP contribution < -0.4 is 10.6 Å². The number of anilines is 1. The molecule has 2 N–H and O–H groups in total. The zero-order valence-electron chi connectivity index (χ0n) is 11.6. The van der Waals surface area contributed by atoms with Crippen LogP contribution in [-0.4, -0.2) is 29.2 Å². The molecular formula is C13H22N4OS. The predicted molar refractivity (Wildman–Crippen MR) is 77.3 cm³/mol. The number of nitrogens with zero attached hydrogens (tertiary/aromatic N) is 2. The van der Waals surface area contributed by atoms with Crippen LogP contribution in [0.15, 0.2) is 0 Å². The lowest BCUT2D eigenvalue weighted by molar-refractivity contribution is -0.116. The first-order chi connectivity index (χ1) is 9.13. The molecule has 0 aromatic carbocycles. The average Bonchev–Trinajstić information content (AvgIpc) is 2.97. The highest BCUT2D eigenvalue weighted by Crippen LogP contribution is 2.19. The largest absolute Gasteiger partial charge is 0.316 e. The smallest absolute Gasteiger partial charge is 0.226 e. The van der Waals surface area contributed by atoms with Crippen molar-refractivity contribution < 1.29 is 4.79 Å². The van der Waals surface area contributed by atoms with Crippen molar-refractivity contribution in [2.45, 2.75) is 39.5 Å². The fraction of sp³-hybridized carbons (Fsp3) is 0.769. The van der Waals surface area contributed by atoms with Crippen molar-refractivity contribution in [2.24, 2.45) is 11.8 Å². The number of hydrogen-bond acceptors (Lipinski definition) is 5. The van der Waals surface area contributed by atoms with Gasteiger partial charge in [-0.3, -0.25) is 4.79 Å². The lowest BCUT2D eigenvalue weighted by Crippen LogP contribution is -2.14. The van der Waals surface area contributed by atoms with Crippen molar-refractivity contribution in [1.29, 1.82) is 0 Å². The van der Waals surface area contributed by atoms with Crippen LogP contribution in [0.4, 0.5) is 5.13 Å². The van der Waals surface area contributed by atoms with Gasteiger partial charge in [-0.1, -0.05) is 25.2 Å². The van der Waals surface area contributed by atoms with Crippen molar-refractivity contribution in [3.05, 3.63) is 5.01 Å². The van der Waals surface area contributed by atoms with Gasteiger partial charge in [0.1, 0.15) is 5.01 Å². The van der Waals surface area contributed by atoms with Gasteiger partial charge in [-0.2, -0.15) is 0 Å². The first-order valence-corrected chi connectivity index (χ1v) is 7.78. The van der Waals surface area contributed by atoms with Gasteiger partial charge < -0.3 is 10.6 Å². The maximum absolute atomic E-state index is 11.8. The molecule has 1 amide bonds. The molecule has 6 heteroatoms. The van der Waals surface area contributed by atoms with Gasteiger partial charge in [0.25, 0.3) is 0 Å². The van der Waals surface area contributed by atoms with Crippen LogP contribution in [0.2, 0.25) is 0 Å². The molecule has 106 valence electrons. The van der Waals surface area contributed by atoms with Gasteiger partial charge in [0.2, 0.25) is 11.0 Å². The Hall–Kier alpha value is -1.01. The number of carbonyl (C=O) groups is 1. The number of nitrogens with one attached hydrogen (secondary N) is 2. The van der Waals surface area contributed by atoms with Gasteiger partial charge >= 0.3 is 0 Å². The third kappa shape index (κ3) is 4.87. The monoisotopic (exact) mass is 282 g/mol. The minimum absolute atomic E-state index is 0.0548. The summed E-state index contributed by atoms with van der Waals surface area (Å²) < 4.78 is 0. The Bertz CT molecular complexity index is 413. The Morgan fingerprint density at radius 2 is 2.37 bits per heavy atom. The van der Waals surface area contributed by atoms with E-state index in [1.54, 1.807) is 0 Å². The minimum Gasteiger partial charge on any atom is -0.316 e. The van der Waals surface area contributed by atoms with Gasteiger partial charge in [0, 0.05) is 12.8 Å². The number of amides is 1. The zero-order chi connectivity index (χ0) is 13.7. The number of hydrogen-bond donors (Lipinski definition) is 2. The standard InChI is InChI=1S/C13H22N4OS/c1-9(2)7-12-16-17-13(19-12)15-11(18)4-3-10-5-6-14-8-10/h9-10,14H,3-8H2,1-2H3,(H,15,17,18). The third-order valence-corrected chi connectivity index (χ3v) is 4.10. The van der Waals surface area contributed by atoms with Crippen molar-refractivity contribution in [2.75, 3.05) is 18.4 Å². The SMILES string of the molecule is CC(C)Cc1nnc(NC(=O)CCC2CCNC2)s1. The molecule has 1 unspecified atom stereocenters. The maximum Gasteiger partial charge on any atom is 0.226 e. The molecule has 0 bridgehead atoms. The van der Waals surface area contributed by atoms with Crippen LogP contribution >= 0.6 is 11.3 Å². The summed E-state index contributed by atoms with van der Waals surface area (Å²) >= 11 is 1.48. The Labute approximate surface area is 118 Å². The van der Waals surface area contributed by atoms with Crippen LogP contribution in [0.5, 0.6) is 0 Å². The summed E-state index contributed by atoms with van der Waals surface area (Å²) in [4.78, 5) is 11.8. The summed E-state index contributed by atoms with van der Waals surface area (Å²) in [7, 11) is 0. The Morgan fingerprint density at radius 3 is 3.05 bits per heavy atom. The van der Waals surface area contributed by atoms with E-state index in [-0.39, 0.29) is 5.91 Å². The number of aromatic nitrogens is 2. The van der Waals surface area contributed by atoms with Gasteiger partial charge in [-0.15, -0.1) is 10.2 Å². The second-order valence-electron chi connectivity index (χ2n) is 5.54. The summed E-state index contributed by atoms with van der Waals surface area (Å²) in [5.74, 6) is 1.27. The molecule has 0 radical (unpaired) electrons. The molecule has 0 spiro atoms. The molecule has 1 aromatic rings. The van der Waals surface area contributed by atoms with Crippen molar-refractivity contribution in [1.82, 2.24) is 15.5 Å².